The molecule has 0 saturated carbocycles. The molecule has 1 unspecified atom stereocenters. The fraction of sp³-hybridized carbons (Fsp3) is 0.421. The van der Waals surface area contributed by atoms with Gasteiger partial charge >= 0.3 is 5.97 Å². The van der Waals surface area contributed by atoms with Crippen molar-refractivity contribution in [2.75, 3.05) is 6.61 Å². The van der Waals surface area contributed by atoms with E-state index >= 15 is 0 Å². The number of nitrogens with zero attached hydrogens (tertiary/aromatic N) is 4. The number of carbonyl (C=O) groups is 1. The molecule has 154 valence electrons. The zero-order chi connectivity index (χ0) is 20.9. The predicted molar refractivity (Wildman–Crippen MR) is 103 cm³/mol. The number of imidazole rings is 1. The summed E-state index contributed by atoms with van der Waals surface area (Å²) < 4.78 is 50.0. The molecule has 4 rings (SSSR count). The Labute approximate surface area is 172 Å². The highest BCUT2D eigenvalue weighted by Gasteiger charge is 2.31. The average molecular weight is 471 g/mol. The van der Waals surface area contributed by atoms with Crippen molar-refractivity contribution in [3.63, 3.8) is 0 Å². The molecule has 0 radical (unpaired) electrons. The van der Waals surface area contributed by atoms with E-state index in [0.717, 1.165) is 0 Å². The van der Waals surface area contributed by atoms with E-state index in [1.54, 1.807) is 17.8 Å². The Bertz CT molecular complexity index is 1090. The molecule has 0 spiro atoms. The van der Waals surface area contributed by atoms with Crippen LogP contribution in [0.1, 0.15) is 41.9 Å². The molecule has 3 aromatic rings. The van der Waals surface area contributed by atoms with Crippen molar-refractivity contribution in [2.45, 2.75) is 45.5 Å². The van der Waals surface area contributed by atoms with Gasteiger partial charge in [-0.1, -0.05) is 15.9 Å². The number of hydrogen-bond donors (Lipinski definition) is 0. The van der Waals surface area contributed by atoms with Gasteiger partial charge in [0.15, 0.2) is 0 Å². The second-order valence-corrected chi connectivity index (χ2v) is 7.95. The number of esters is 1. The van der Waals surface area contributed by atoms with E-state index in [2.05, 4.69) is 26.0 Å². The lowest BCUT2D eigenvalue weighted by Crippen LogP contribution is -2.21. The van der Waals surface area contributed by atoms with Crippen molar-refractivity contribution in [3.05, 3.63) is 45.6 Å². The topological polar surface area (TPSA) is 61.9 Å². The number of carbonyl (C=O) groups excluding carboxylic acids is 1. The Balaban J connectivity index is 1.85. The van der Waals surface area contributed by atoms with Crippen LogP contribution in [0.2, 0.25) is 0 Å². The molecular weight excluding hydrogens is 453 g/mol. The predicted octanol–water partition coefficient (Wildman–Crippen LogP) is 4.29. The Morgan fingerprint density at radius 1 is 1.45 bits per heavy atom. The van der Waals surface area contributed by atoms with Crippen LogP contribution >= 0.6 is 15.9 Å². The van der Waals surface area contributed by atoms with Crippen LogP contribution in [0.5, 0.6) is 0 Å². The molecule has 1 aromatic carbocycles. The molecule has 3 heterocycles. The van der Waals surface area contributed by atoms with E-state index < -0.39 is 24.6 Å². The van der Waals surface area contributed by atoms with Gasteiger partial charge in [0, 0.05) is 40.7 Å². The number of hydrogen-bond acceptors (Lipinski definition) is 4. The Hall–Kier alpha value is -2.36. The van der Waals surface area contributed by atoms with Gasteiger partial charge in [0.05, 0.1) is 24.1 Å². The first-order chi connectivity index (χ1) is 13.8. The number of aryl methyl sites for hydroxylation is 1. The fourth-order valence-corrected chi connectivity index (χ4v) is 4.14. The summed E-state index contributed by atoms with van der Waals surface area (Å²) in [4.78, 5) is 15.8. The van der Waals surface area contributed by atoms with Gasteiger partial charge in [-0.15, -0.1) is 0 Å². The second kappa shape index (κ2) is 7.47. The molecule has 0 fully saturated rings. The SMILES string of the molecule is CC(=O)OCC(c1ncn2c1C[C@@H](F)C2)n1cc2c(C(F)F)cc(Br)c(C)c2n1. The summed E-state index contributed by atoms with van der Waals surface area (Å²) in [7, 11) is 0. The number of fused-ring (bicyclic) bond motifs is 2. The third-order valence-corrected chi connectivity index (χ3v) is 5.97. The highest BCUT2D eigenvalue weighted by molar-refractivity contribution is 9.10. The van der Waals surface area contributed by atoms with Crippen LogP contribution in [0, 0.1) is 6.92 Å². The number of rotatable bonds is 5. The zero-order valence-electron chi connectivity index (χ0n) is 15.7. The van der Waals surface area contributed by atoms with Gasteiger partial charge in [0.2, 0.25) is 0 Å². The van der Waals surface area contributed by atoms with Crippen LogP contribution < -0.4 is 0 Å². The standard InChI is InChI=1S/C19H18BrF3N4O2/c1-9-14(20)4-12(19(22)23)13-6-27(25-17(9)13)16(7-29-10(2)28)18-15-3-11(21)5-26(15)8-24-18/h4,6,8,11,16,19H,3,5,7H2,1-2H3/t11-,16?/m1/s1. The van der Waals surface area contributed by atoms with E-state index in [1.165, 1.54) is 23.9 Å². The van der Waals surface area contributed by atoms with E-state index in [1.807, 2.05) is 0 Å². The van der Waals surface area contributed by atoms with Crippen LogP contribution in [0.3, 0.4) is 0 Å². The highest BCUT2D eigenvalue weighted by atomic mass is 79.9. The van der Waals surface area contributed by atoms with Crippen molar-refractivity contribution in [2.24, 2.45) is 0 Å². The smallest absolute Gasteiger partial charge is 0.302 e. The summed E-state index contributed by atoms with van der Waals surface area (Å²) in [6.07, 6.45) is -0.442. The molecule has 0 aliphatic carbocycles. The molecule has 2 aromatic heterocycles. The minimum absolute atomic E-state index is 0.0888. The summed E-state index contributed by atoms with van der Waals surface area (Å²) in [5.41, 5.74) is 2.21. The molecule has 10 heteroatoms. The third kappa shape index (κ3) is 3.54. The molecule has 6 nitrogen and oxygen atoms in total. The molecule has 1 aliphatic rings. The molecule has 1 aliphatic heterocycles. The molecule has 0 saturated heterocycles. The first-order valence-electron chi connectivity index (χ1n) is 9.03. The number of alkyl halides is 3. The van der Waals surface area contributed by atoms with Crippen LogP contribution in [-0.2, 0) is 22.5 Å². The Morgan fingerprint density at radius 2 is 2.21 bits per heavy atom. The van der Waals surface area contributed by atoms with E-state index in [-0.39, 0.29) is 25.1 Å². The summed E-state index contributed by atoms with van der Waals surface area (Å²) >= 11 is 3.31. The summed E-state index contributed by atoms with van der Waals surface area (Å²) in [6, 6.07) is 0.730. The molecule has 29 heavy (non-hydrogen) atoms. The number of aromatic nitrogens is 4. The van der Waals surface area contributed by atoms with Gasteiger partial charge in [0.1, 0.15) is 18.8 Å². The van der Waals surface area contributed by atoms with Crippen LogP contribution in [-0.4, -0.2) is 38.1 Å². The van der Waals surface area contributed by atoms with Gasteiger partial charge in [-0.2, -0.15) is 5.10 Å². The van der Waals surface area contributed by atoms with Crippen LogP contribution in [0.4, 0.5) is 13.2 Å². The third-order valence-electron chi connectivity index (χ3n) is 5.14. The molecule has 0 bridgehead atoms. The lowest BCUT2D eigenvalue weighted by molar-refractivity contribution is -0.141. The molecule has 0 N–H and O–H groups in total. The second-order valence-electron chi connectivity index (χ2n) is 7.09. The van der Waals surface area contributed by atoms with Crippen molar-refractivity contribution < 1.29 is 22.7 Å². The molecular formula is C19H18BrF3N4O2. The minimum Gasteiger partial charge on any atom is -0.463 e. The Kier molecular flexibility index (Phi) is 5.14. The van der Waals surface area contributed by atoms with Crippen LogP contribution in [0.25, 0.3) is 10.9 Å². The largest absolute Gasteiger partial charge is 0.463 e. The normalized spacial score (nSPS) is 17.1. The average Bonchev–Trinajstić information content (AvgIpc) is 3.33. The number of benzene rings is 1. The van der Waals surface area contributed by atoms with E-state index in [4.69, 9.17) is 4.74 Å². The quantitative estimate of drug-likeness (QED) is 0.521. The number of halogens is 4. The summed E-state index contributed by atoms with van der Waals surface area (Å²) in [5.74, 6) is -0.488. The van der Waals surface area contributed by atoms with Gasteiger partial charge in [0.25, 0.3) is 6.43 Å². The Morgan fingerprint density at radius 3 is 2.90 bits per heavy atom. The maximum atomic E-state index is 13.9. The fourth-order valence-electron chi connectivity index (χ4n) is 3.70. The van der Waals surface area contributed by atoms with Crippen molar-refractivity contribution in [3.8, 4) is 0 Å². The highest BCUT2D eigenvalue weighted by Crippen LogP contribution is 2.35. The lowest BCUT2D eigenvalue weighted by atomic mass is 10.1. The molecule has 0 amide bonds. The monoisotopic (exact) mass is 470 g/mol. The van der Waals surface area contributed by atoms with Gasteiger partial charge in [-0.3, -0.25) is 9.48 Å². The zero-order valence-corrected chi connectivity index (χ0v) is 17.3. The maximum absolute atomic E-state index is 13.9. The van der Waals surface area contributed by atoms with E-state index in [0.29, 0.717) is 32.3 Å². The first-order valence-corrected chi connectivity index (χ1v) is 9.83. The number of ether oxygens (including phenoxy) is 1. The maximum Gasteiger partial charge on any atom is 0.302 e. The van der Waals surface area contributed by atoms with Crippen molar-refractivity contribution in [1.82, 2.24) is 19.3 Å². The summed E-state index contributed by atoms with van der Waals surface area (Å²) in [5, 5.41) is 4.83. The van der Waals surface area contributed by atoms with Gasteiger partial charge in [-0.25, -0.2) is 18.2 Å². The van der Waals surface area contributed by atoms with Crippen molar-refractivity contribution in [1.29, 1.82) is 0 Å². The van der Waals surface area contributed by atoms with Crippen LogP contribution in [0.15, 0.2) is 23.1 Å². The van der Waals surface area contributed by atoms with Gasteiger partial charge < -0.3 is 9.30 Å². The minimum atomic E-state index is -2.68. The lowest BCUT2D eigenvalue weighted by Gasteiger charge is -2.17. The van der Waals surface area contributed by atoms with E-state index in [9.17, 15) is 18.0 Å². The summed E-state index contributed by atoms with van der Waals surface area (Å²) in [6.45, 7) is 3.18. The van der Waals surface area contributed by atoms with Crippen molar-refractivity contribution >= 4 is 32.8 Å². The first kappa shape index (κ1) is 19.9. The molecule has 2 atom stereocenters. The van der Waals surface area contributed by atoms with Gasteiger partial charge in [-0.05, 0) is 18.6 Å².